The van der Waals surface area contributed by atoms with E-state index in [1.54, 1.807) is 13.3 Å². The summed E-state index contributed by atoms with van der Waals surface area (Å²) in [7, 11) is 3.07. The summed E-state index contributed by atoms with van der Waals surface area (Å²) in [6.07, 6.45) is 2.18. The molecule has 0 saturated carbocycles. The van der Waals surface area contributed by atoms with Crippen LogP contribution < -0.4 is 11.2 Å². The van der Waals surface area contributed by atoms with Gasteiger partial charge in [-0.1, -0.05) is 24.3 Å². The number of nitrogens with two attached hydrogens (primary N) is 1. The van der Waals surface area contributed by atoms with Gasteiger partial charge in [-0.3, -0.25) is 4.79 Å². The topological polar surface area (TPSA) is 76.7 Å². The van der Waals surface area contributed by atoms with Gasteiger partial charge in [-0.15, -0.1) is 0 Å². The molecule has 1 atom stereocenters. The predicted octanol–water partition coefficient (Wildman–Crippen LogP) is 0.283. The highest BCUT2D eigenvalue weighted by Crippen LogP contribution is 2.05. The molecule has 0 aromatic heterocycles. The molecule has 1 aromatic rings. The van der Waals surface area contributed by atoms with E-state index in [4.69, 9.17) is 5.73 Å². The Kier molecular flexibility index (Phi) is 5.16. The van der Waals surface area contributed by atoms with Crippen molar-refractivity contribution >= 4 is 12.2 Å². The van der Waals surface area contributed by atoms with Crippen molar-refractivity contribution in [2.45, 2.75) is 12.5 Å². The largest absolute Gasteiger partial charge is 0.468 e. The lowest BCUT2D eigenvalue weighted by Gasteiger charge is -2.08. The van der Waals surface area contributed by atoms with Gasteiger partial charge in [0.1, 0.15) is 6.04 Å². The molecule has 1 unspecified atom stereocenters. The highest BCUT2D eigenvalue weighted by molar-refractivity contribution is 5.79. The zero-order valence-corrected chi connectivity index (χ0v) is 10.0. The molecule has 1 aromatic carbocycles. The Balaban J connectivity index is 2.62. The summed E-state index contributed by atoms with van der Waals surface area (Å²) in [4.78, 5) is 11.1. The molecule has 0 aliphatic rings. The lowest BCUT2D eigenvalue weighted by molar-refractivity contribution is -0.142. The number of carbonyl (C=O) groups is 1. The molecular weight excluding hydrogens is 218 g/mol. The Bertz CT molecular complexity index is 387. The van der Waals surface area contributed by atoms with Crippen LogP contribution in [0.2, 0.25) is 0 Å². The monoisotopic (exact) mass is 235 g/mol. The molecule has 0 spiro atoms. The quantitative estimate of drug-likeness (QED) is 0.437. The van der Waals surface area contributed by atoms with E-state index in [-0.39, 0.29) is 0 Å². The van der Waals surface area contributed by atoms with Crippen LogP contribution in [0.25, 0.3) is 0 Å². The van der Waals surface area contributed by atoms with E-state index in [1.807, 2.05) is 24.3 Å². The van der Waals surface area contributed by atoms with E-state index < -0.39 is 12.0 Å². The number of benzene rings is 1. The lowest BCUT2D eigenvalue weighted by atomic mass is 10.1. The first kappa shape index (κ1) is 13.2. The fraction of sp³-hybridized carbons (Fsp3) is 0.333. The van der Waals surface area contributed by atoms with E-state index in [9.17, 15) is 4.79 Å². The smallest absolute Gasteiger partial charge is 0.322 e. The van der Waals surface area contributed by atoms with Crippen LogP contribution in [0.15, 0.2) is 29.4 Å². The fourth-order valence-corrected chi connectivity index (χ4v) is 1.37. The molecule has 1 rings (SSSR count). The number of hydrazone groups is 1. The Morgan fingerprint density at radius 3 is 2.71 bits per heavy atom. The van der Waals surface area contributed by atoms with Crippen molar-refractivity contribution in [2.24, 2.45) is 10.8 Å². The number of hydrogen-bond acceptors (Lipinski definition) is 5. The molecule has 0 saturated heterocycles. The maximum absolute atomic E-state index is 11.1. The second kappa shape index (κ2) is 6.65. The Labute approximate surface area is 101 Å². The number of hydrogen-bond donors (Lipinski definition) is 2. The molecular formula is C12H17N3O2. The van der Waals surface area contributed by atoms with Crippen LogP contribution in [-0.4, -0.2) is 32.4 Å². The molecule has 0 bridgehead atoms. The Morgan fingerprint density at radius 2 is 2.18 bits per heavy atom. The molecule has 0 fully saturated rings. The average Bonchev–Trinajstić information content (AvgIpc) is 2.37. The Morgan fingerprint density at radius 1 is 1.53 bits per heavy atom. The molecule has 0 aliphatic heterocycles. The van der Waals surface area contributed by atoms with Crippen LogP contribution >= 0.6 is 0 Å². The van der Waals surface area contributed by atoms with Gasteiger partial charge < -0.3 is 15.9 Å². The van der Waals surface area contributed by atoms with E-state index in [1.165, 1.54) is 7.11 Å². The summed E-state index contributed by atoms with van der Waals surface area (Å²) < 4.78 is 4.57. The van der Waals surface area contributed by atoms with Crippen LogP contribution in [0.5, 0.6) is 0 Å². The van der Waals surface area contributed by atoms with E-state index in [2.05, 4.69) is 15.3 Å². The Hall–Kier alpha value is -1.88. The number of nitrogens with zero attached hydrogens (tertiary/aromatic N) is 1. The number of ether oxygens (including phenoxy) is 1. The fourth-order valence-electron chi connectivity index (χ4n) is 1.37. The zero-order chi connectivity index (χ0) is 12.7. The van der Waals surface area contributed by atoms with Gasteiger partial charge in [0.15, 0.2) is 0 Å². The van der Waals surface area contributed by atoms with Crippen LogP contribution in [0.4, 0.5) is 0 Å². The molecule has 0 amide bonds. The molecule has 0 radical (unpaired) electrons. The second-order valence-corrected chi connectivity index (χ2v) is 3.56. The van der Waals surface area contributed by atoms with Crippen molar-refractivity contribution in [2.75, 3.05) is 14.2 Å². The van der Waals surface area contributed by atoms with Gasteiger partial charge in [0.25, 0.3) is 0 Å². The number of rotatable bonds is 5. The first-order valence-electron chi connectivity index (χ1n) is 5.29. The van der Waals surface area contributed by atoms with Gasteiger partial charge in [-0.25, -0.2) is 0 Å². The van der Waals surface area contributed by atoms with Gasteiger partial charge in [-0.05, 0) is 17.5 Å². The number of nitrogens with one attached hydrogen (secondary N) is 1. The third-order valence-electron chi connectivity index (χ3n) is 2.28. The lowest BCUT2D eigenvalue weighted by Crippen LogP contribution is -2.33. The molecule has 5 heteroatoms. The van der Waals surface area contributed by atoms with Crippen LogP contribution in [-0.2, 0) is 16.0 Å². The van der Waals surface area contributed by atoms with E-state index in [0.29, 0.717) is 6.42 Å². The molecule has 5 nitrogen and oxygen atoms in total. The average molecular weight is 235 g/mol. The first-order chi connectivity index (χ1) is 8.17. The van der Waals surface area contributed by atoms with Crippen molar-refractivity contribution in [1.29, 1.82) is 0 Å². The van der Waals surface area contributed by atoms with Gasteiger partial charge in [0.2, 0.25) is 0 Å². The second-order valence-electron chi connectivity index (χ2n) is 3.56. The molecule has 92 valence electrons. The van der Waals surface area contributed by atoms with Crippen LogP contribution in [0, 0.1) is 0 Å². The van der Waals surface area contributed by atoms with Crippen molar-refractivity contribution in [3.8, 4) is 0 Å². The van der Waals surface area contributed by atoms with Gasteiger partial charge in [0.05, 0.1) is 13.3 Å². The summed E-state index contributed by atoms with van der Waals surface area (Å²) in [5.41, 5.74) is 10.3. The summed E-state index contributed by atoms with van der Waals surface area (Å²) in [6.45, 7) is 0. The van der Waals surface area contributed by atoms with Gasteiger partial charge >= 0.3 is 5.97 Å². The summed E-state index contributed by atoms with van der Waals surface area (Å²) >= 11 is 0. The maximum atomic E-state index is 11.1. The van der Waals surface area contributed by atoms with Gasteiger partial charge in [-0.2, -0.15) is 5.10 Å². The van der Waals surface area contributed by atoms with Crippen molar-refractivity contribution < 1.29 is 9.53 Å². The third kappa shape index (κ3) is 4.24. The summed E-state index contributed by atoms with van der Waals surface area (Å²) in [6, 6.07) is 7.05. The molecule has 0 heterocycles. The number of esters is 1. The SMILES string of the molecule is CN/N=C/c1ccc(CC(N)C(=O)OC)cc1. The zero-order valence-electron chi connectivity index (χ0n) is 10.0. The van der Waals surface area contributed by atoms with Crippen molar-refractivity contribution in [1.82, 2.24) is 5.43 Å². The highest BCUT2D eigenvalue weighted by Gasteiger charge is 2.13. The van der Waals surface area contributed by atoms with Crippen LogP contribution in [0.3, 0.4) is 0 Å². The predicted molar refractivity (Wildman–Crippen MR) is 66.8 cm³/mol. The standard InChI is InChI=1S/C12H17N3O2/c1-14-15-8-10-5-3-9(4-6-10)7-11(13)12(16)17-2/h3-6,8,11,14H,7,13H2,1-2H3/b15-8+. The van der Waals surface area contributed by atoms with E-state index >= 15 is 0 Å². The number of methoxy groups -OCH3 is 1. The third-order valence-corrected chi connectivity index (χ3v) is 2.28. The summed E-state index contributed by atoms with van der Waals surface area (Å²) in [5.74, 6) is -0.397. The minimum atomic E-state index is -0.614. The summed E-state index contributed by atoms with van der Waals surface area (Å²) in [5, 5.41) is 3.90. The maximum Gasteiger partial charge on any atom is 0.322 e. The van der Waals surface area contributed by atoms with Crippen molar-refractivity contribution in [3.63, 3.8) is 0 Å². The molecule has 17 heavy (non-hydrogen) atoms. The molecule has 3 N–H and O–H groups in total. The van der Waals surface area contributed by atoms with Crippen LogP contribution in [0.1, 0.15) is 11.1 Å². The molecule has 0 aliphatic carbocycles. The first-order valence-corrected chi connectivity index (χ1v) is 5.29. The van der Waals surface area contributed by atoms with E-state index in [0.717, 1.165) is 11.1 Å². The van der Waals surface area contributed by atoms with Gasteiger partial charge in [0, 0.05) is 7.05 Å². The minimum absolute atomic E-state index is 0.397. The van der Waals surface area contributed by atoms with Crippen molar-refractivity contribution in [3.05, 3.63) is 35.4 Å². The minimum Gasteiger partial charge on any atom is -0.468 e. The number of carbonyl (C=O) groups excluding carboxylic acids is 1. The highest BCUT2D eigenvalue weighted by atomic mass is 16.5. The normalized spacial score (nSPS) is 12.4.